The number of ether oxygens (including phenoxy) is 1. The van der Waals surface area contributed by atoms with Gasteiger partial charge in [-0.25, -0.2) is 0 Å². The van der Waals surface area contributed by atoms with Gasteiger partial charge < -0.3 is 9.64 Å². The van der Waals surface area contributed by atoms with Crippen LogP contribution in [0.15, 0.2) is 48.5 Å². The Morgan fingerprint density at radius 3 is 2.48 bits per heavy atom. The quantitative estimate of drug-likeness (QED) is 0.871. The monoisotopic (exact) mass is 309 g/mol. The number of benzene rings is 2. The first-order valence-electron chi connectivity index (χ1n) is 7.74. The molecule has 2 aromatic rings. The lowest BCUT2D eigenvalue weighted by atomic mass is 10.1. The van der Waals surface area contributed by atoms with E-state index in [2.05, 4.69) is 0 Å². The number of Topliss-reactive ketones (excluding diaryl/α,β-unsaturated/α-hetero) is 1. The van der Waals surface area contributed by atoms with Crippen LogP contribution in [0.2, 0.25) is 0 Å². The normalized spacial score (nSPS) is 14.4. The number of carbonyl (C=O) groups is 2. The van der Waals surface area contributed by atoms with Crippen molar-refractivity contribution in [1.29, 1.82) is 0 Å². The third-order valence-electron chi connectivity index (χ3n) is 4.15. The predicted molar refractivity (Wildman–Crippen MR) is 89.1 cm³/mol. The Balaban J connectivity index is 1.81. The summed E-state index contributed by atoms with van der Waals surface area (Å²) < 4.78 is 5.15. The minimum absolute atomic E-state index is 0.0109. The molecule has 4 nitrogen and oxygen atoms in total. The Morgan fingerprint density at radius 1 is 1.00 bits per heavy atom. The number of hydrogen-bond donors (Lipinski definition) is 0. The van der Waals surface area contributed by atoms with Crippen LogP contribution in [0.25, 0.3) is 0 Å². The molecule has 0 bridgehead atoms. The molecule has 0 saturated carbocycles. The molecule has 118 valence electrons. The summed E-state index contributed by atoms with van der Waals surface area (Å²) in [5.41, 5.74) is 2.51. The lowest BCUT2D eigenvalue weighted by Crippen LogP contribution is -2.32. The second-order valence-corrected chi connectivity index (χ2v) is 5.58. The van der Waals surface area contributed by atoms with Crippen molar-refractivity contribution >= 4 is 17.4 Å². The maximum atomic E-state index is 12.4. The lowest BCUT2D eigenvalue weighted by molar-refractivity contribution is -0.118. The first-order valence-corrected chi connectivity index (χ1v) is 7.74. The van der Waals surface area contributed by atoms with Crippen LogP contribution >= 0.6 is 0 Å². The number of para-hydroxylation sites is 1. The maximum absolute atomic E-state index is 12.4. The highest BCUT2D eigenvalue weighted by molar-refractivity contribution is 6.10. The molecule has 0 spiro atoms. The van der Waals surface area contributed by atoms with Crippen molar-refractivity contribution in [3.8, 4) is 5.75 Å². The van der Waals surface area contributed by atoms with Gasteiger partial charge in [0.15, 0.2) is 5.78 Å². The molecule has 0 N–H and O–H groups in total. The smallest absolute Gasteiger partial charge is 0.227 e. The van der Waals surface area contributed by atoms with E-state index in [1.807, 2.05) is 42.5 Å². The van der Waals surface area contributed by atoms with Crippen LogP contribution in [-0.2, 0) is 11.2 Å². The summed E-state index contributed by atoms with van der Waals surface area (Å²) in [6, 6.07) is 15.2. The summed E-state index contributed by atoms with van der Waals surface area (Å²) in [5.74, 6) is 0.869. The van der Waals surface area contributed by atoms with Crippen LogP contribution < -0.4 is 9.64 Å². The molecule has 1 amide bonds. The van der Waals surface area contributed by atoms with Gasteiger partial charge in [0, 0.05) is 24.9 Å². The van der Waals surface area contributed by atoms with Crippen LogP contribution in [0.4, 0.5) is 5.69 Å². The Morgan fingerprint density at radius 2 is 1.74 bits per heavy atom. The summed E-state index contributed by atoms with van der Waals surface area (Å²) in [6.07, 6.45) is 1.29. The molecule has 0 aromatic heterocycles. The fraction of sp³-hybridized carbons (Fsp3) is 0.263. The van der Waals surface area contributed by atoms with Gasteiger partial charge in [-0.2, -0.15) is 0 Å². The van der Waals surface area contributed by atoms with Crippen molar-refractivity contribution in [3.63, 3.8) is 0 Å². The number of methoxy groups -OCH3 is 1. The van der Waals surface area contributed by atoms with Crippen molar-refractivity contribution in [3.05, 3.63) is 59.7 Å². The zero-order valence-corrected chi connectivity index (χ0v) is 13.1. The average Bonchev–Trinajstić information content (AvgIpc) is 2.71. The molecule has 0 saturated heterocycles. The molecule has 0 fully saturated rings. The molecule has 1 heterocycles. The standard InChI is InChI=1S/C19H19NO3/c1-23-15-8-6-14(7-9-15)12-13-20-17-5-3-2-4-16(17)18(21)10-11-19(20)22/h2-9H,10-13H2,1H3. The fourth-order valence-corrected chi connectivity index (χ4v) is 2.85. The number of hydrogen-bond acceptors (Lipinski definition) is 3. The molecule has 1 aliphatic rings. The first kappa shape index (κ1) is 15.3. The Labute approximate surface area is 135 Å². The summed E-state index contributed by atoms with van der Waals surface area (Å²) in [4.78, 5) is 26.3. The fourth-order valence-electron chi connectivity index (χ4n) is 2.85. The van der Waals surface area contributed by atoms with Crippen LogP contribution in [0, 0.1) is 0 Å². The number of nitrogens with zero attached hydrogens (tertiary/aromatic N) is 1. The predicted octanol–water partition coefficient (Wildman–Crippen LogP) is 3.25. The maximum Gasteiger partial charge on any atom is 0.227 e. The Kier molecular flexibility index (Phi) is 4.42. The Hall–Kier alpha value is -2.62. The van der Waals surface area contributed by atoms with Crippen LogP contribution in [0.1, 0.15) is 28.8 Å². The topological polar surface area (TPSA) is 46.6 Å². The molecular weight excluding hydrogens is 290 g/mol. The highest BCUT2D eigenvalue weighted by Gasteiger charge is 2.25. The molecule has 1 aliphatic heterocycles. The highest BCUT2D eigenvalue weighted by Crippen LogP contribution is 2.27. The number of carbonyl (C=O) groups excluding carboxylic acids is 2. The van der Waals surface area contributed by atoms with Gasteiger partial charge in [-0.3, -0.25) is 9.59 Å². The molecule has 0 aliphatic carbocycles. The van der Waals surface area contributed by atoms with E-state index in [4.69, 9.17) is 4.74 Å². The van der Waals surface area contributed by atoms with E-state index in [0.29, 0.717) is 12.1 Å². The average molecular weight is 309 g/mol. The number of rotatable bonds is 4. The lowest BCUT2D eigenvalue weighted by Gasteiger charge is -2.22. The SMILES string of the molecule is COc1ccc(CCN2C(=O)CCC(=O)c3ccccc32)cc1. The van der Waals surface area contributed by atoms with E-state index in [1.165, 1.54) is 0 Å². The molecule has 0 unspecified atom stereocenters. The van der Waals surface area contributed by atoms with Crippen LogP contribution in [0.3, 0.4) is 0 Å². The van der Waals surface area contributed by atoms with Gasteiger partial charge >= 0.3 is 0 Å². The summed E-state index contributed by atoms with van der Waals surface area (Å²) in [5, 5.41) is 0. The molecule has 2 aromatic carbocycles. The van der Waals surface area contributed by atoms with Gasteiger partial charge in [-0.15, -0.1) is 0 Å². The van der Waals surface area contributed by atoms with Gasteiger partial charge in [0.25, 0.3) is 0 Å². The van der Waals surface area contributed by atoms with Gasteiger partial charge in [0.1, 0.15) is 5.75 Å². The van der Waals surface area contributed by atoms with E-state index in [0.717, 1.165) is 23.4 Å². The summed E-state index contributed by atoms with van der Waals surface area (Å²) in [7, 11) is 1.64. The van der Waals surface area contributed by atoms with Crippen molar-refractivity contribution in [2.75, 3.05) is 18.6 Å². The van der Waals surface area contributed by atoms with Gasteiger partial charge in [0.2, 0.25) is 5.91 Å². The van der Waals surface area contributed by atoms with Crippen molar-refractivity contribution in [1.82, 2.24) is 0 Å². The van der Waals surface area contributed by atoms with E-state index in [1.54, 1.807) is 18.1 Å². The number of fused-ring (bicyclic) bond motifs is 1. The second-order valence-electron chi connectivity index (χ2n) is 5.58. The second kappa shape index (κ2) is 6.65. The van der Waals surface area contributed by atoms with E-state index < -0.39 is 0 Å². The van der Waals surface area contributed by atoms with Gasteiger partial charge in [0.05, 0.1) is 12.8 Å². The Bertz CT molecular complexity index is 722. The molecule has 0 atom stereocenters. The van der Waals surface area contributed by atoms with E-state index in [-0.39, 0.29) is 24.5 Å². The number of anilines is 1. The minimum atomic E-state index is 0.0109. The number of ketones is 1. The molecular formula is C19H19NO3. The van der Waals surface area contributed by atoms with E-state index >= 15 is 0 Å². The van der Waals surface area contributed by atoms with Crippen molar-refractivity contribution in [2.45, 2.75) is 19.3 Å². The molecule has 4 heteroatoms. The molecule has 3 rings (SSSR count). The summed E-state index contributed by atoms with van der Waals surface area (Å²) >= 11 is 0. The highest BCUT2D eigenvalue weighted by atomic mass is 16.5. The molecule has 0 radical (unpaired) electrons. The van der Waals surface area contributed by atoms with Gasteiger partial charge in [-0.05, 0) is 36.2 Å². The van der Waals surface area contributed by atoms with Gasteiger partial charge in [-0.1, -0.05) is 24.3 Å². The third-order valence-corrected chi connectivity index (χ3v) is 4.15. The summed E-state index contributed by atoms with van der Waals surface area (Å²) in [6.45, 7) is 0.565. The van der Waals surface area contributed by atoms with E-state index in [9.17, 15) is 9.59 Å². The zero-order valence-electron chi connectivity index (χ0n) is 13.1. The molecule has 23 heavy (non-hydrogen) atoms. The third kappa shape index (κ3) is 3.26. The van der Waals surface area contributed by atoms with Crippen molar-refractivity contribution < 1.29 is 14.3 Å². The minimum Gasteiger partial charge on any atom is -0.497 e. The van der Waals surface area contributed by atoms with Crippen LogP contribution in [-0.4, -0.2) is 25.3 Å². The largest absolute Gasteiger partial charge is 0.497 e. The first-order chi connectivity index (χ1) is 11.2. The van der Waals surface area contributed by atoms with Crippen molar-refractivity contribution in [2.24, 2.45) is 0 Å². The zero-order chi connectivity index (χ0) is 16.2. The van der Waals surface area contributed by atoms with Crippen LogP contribution in [0.5, 0.6) is 5.75 Å². The number of amides is 1.